The van der Waals surface area contributed by atoms with E-state index in [2.05, 4.69) is 10.3 Å². The molecule has 0 spiro atoms. The summed E-state index contributed by atoms with van der Waals surface area (Å²) in [6.07, 6.45) is 0.461. The van der Waals surface area contributed by atoms with Crippen molar-refractivity contribution >= 4 is 44.8 Å². The smallest absolute Gasteiger partial charge is 0.255 e. The van der Waals surface area contributed by atoms with Crippen LogP contribution in [0.25, 0.3) is 10.6 Å². The predicted molar refractivity (Wildman–Crippen MR) is 130 cm³/mol. The SMILES string of the molecule is CC(=O)c1ccc(-c2ccc(C(=O)NCCc3ccc(S(N)(=O)=O)cc3)c(N(C)C(C)=O)n2)s1. The molecule has 1 aromatic carbocycles. The number of nitrogens with two attached hydrogens (primary N) is 1. The number of amides is 2. The number of aromatic nitrogens is 1. The molecule has 0 aliphatic rings. The first-order chi connectivity index (χ1) is 16.0. The highest BCUT2D eigenvalue weighted by Gasteiger charge is 2.20. The van der Waals surface area contributed by atoms with Crippen molar-refractivity contribution in [2.75, 3.05) is 18.5 Å². The molecule has 0 radical (unpaired) electrons. The molecular weight excluding hydrogens is 476 g/mol. The van der Waals surface area contributed by atoms with Crippen molar-refractivity contribution in [3.63, 3.8) is 0 Å². The van der Waals surface area contributed by atoms with Crippen molar-refractivity contribution in [2.24, 2.45) is 5.14 Å². The number of pyridine rings is 1. The van der Waals surface area contributed by atoms with Crippen molar-refractivity contribution in [3.05, 3.63) is 64.5 Å². The summed E-state index contributed by atoms with van der Waals surface area (Å²) in [5.74, 6) is -0.534. The van der Waals surface area contributed by atoms with Crippen LogP contribution in [0.1, 0.15) is 39.4 Å². The fraction of sp³-hybridized carbons (Fsp3) is 0.217. The normalized spacial score (nSPS) is 11.2. The van der Waals surface area contributed by atoms with E-state index in [4.69, 9.17) is 5.14 Å². The van der Waals surface area contributed by atoms with Gasteiger partial charge in [-0.05, 0) is 55.3 Å². The minimum atomic E-state index is -3.76. The van der Waals surface area contributed by atoms with Crippen molar-refractivity contribution in [2.45, 2.75) is 25.2 Å². The van der Waals surface area contributed by atoms with Crippen LogP contribution in [0.15, 0.2) is 53.4 Å². The Kier molecular flexibility index (Phi) is 7.60. The van der Waals surface area contributed by atoms with Gasteiger partial charge in [-0.15, -0.1) is 11.3 Å². The Morgan fingerprint density at radius 2 is 1.71 bits per heavy atom. The number of hydrogen-bond donors (Lipinski definition) is 2. The molecule has 178 valence electrons. The number of ketones is 1. The van der Waals surface area contributed by atoms with E-state index in [0.29, 0.717) is 17.0 Å². The number of nitrogens with one attached hydrogen (secondary N) is 1. The molecular formula is C23H24N4O5S2. The van der Waals surface area contributed by atoms with E-state index < -0.39 is 15.9 Å². The number of thiophene rings is 1. The number of hydrogen-bond acceptors (Lipinski definition) is 7. The number of carbonyl (C=O) groups excluding carboxylic acids is 3. The van der Waals surface area contributed by atoms with Crippen LogP contribution in [0.5, 0.6) is 0 Å². The lowest BCUT2D eigenvalue weighted by Crippen LogP contribution is -2.31. The number of anilines is 1. The minimum Gasteiger partial charge on any atom is -0.352 e. The summed E-state index contributed by atoms with van der Waals surface area (Å²) in [6.45, 7) is 3.14. The fourth-order valence-corrected chi connectivity index (χ4v) is 4.48. The van der Waals surface area contributed by atoms with Crippen molar-refractivity contribution in [1.29, 1.82) is 0 Å². The zero-order valence-electron chi connectivity index (χ0n) is 18.9. The second-order valence-electron chi connectivity index (χ2n) is 7.56. The van der Waals surface area contributed by atoms with E-state index in [9.17, 15) is 22.8 Å². The summed E-state index contributed by atoms with van der Waals surface area (Å²) in [4.78, 5) is 43.7. The number of primary sulfonamides is 1. The van der Waals surface area contributed by atoms with Crippen molar-refractivity contribution in [3.8, 4) is 10.6 Å². The molecule has 9 nitrogen and oxygen atoms in total. The number of Topliss-reactive ketones (excluding diaryl/α,β-unsaturated/α-hetero) is 1. The molecule has 2 heterocycles. The summed E-state index contributed by atoms with van der Waals surface area (Å²) in [7, 11) is -2.23. The maximum Gasteiger partial charge on any atom is 0.255 e. The maximum atomic E-state index is 12.9. The molecule has 0 saturated heterocycles. The Balaban J connectivity index is 1.78. The van der Waals surface area contributed by atoms with E-state index in [1.807, 2.05) is 0 Å². The molecule has 2 amide bonds. The van der Waals surface area contributed by atoms with E-state index in [1.165, 1.54) is 49.3 Å². The van der Waals surface area contributed by atoms with Gasteiger partial charge in [-0.3, -0.25) is 19.3 Å². The van der Waals surface area contributed by atoms with Gasteiger partial charge in [0.15, 0.2) is 5.78 Å². The van der Waals surface area contributed by atoms with E-state index in [1.54, 1.807) is 36.4 Å². The van der Waals surface area contributed by atoms with Crippen LogP contribution in [0.2, 0.25) is 0 Å². The van der Waals surface area contributed by atoms with E-state index >= 15 is 0 Å². The monoisotopic (exact) mass is 500 g/mol. The van der Waals surface area contributed by atoms with Gasteiger partial charge in [-0.2, -0.15) is 0 Å². The van der Waals surface area contributed by atoms with E-state index in [-0.39, 0.29) is 34.5 Å². The van der Waals surface area contributed by atoms with Gasteiger partial charge in [0.05, 0.1) is 25.9 Å². The average molecular weight is 501 g/mol. The average Bonchev–Trinajstić information content (AvgIpc) is 3.28. The second-order valence-corrected chi connectivity index (χ2v) is 10.2. The Morgan fingerprint density at radius 3 is 2.26 bits per heavy atom. The predicted octanol–water partition coefficient (Wildman–Crippen LogP) is 2.62. The van der Waals surface area contributed by atoms with Crippen LogP contribution in [-0.4, -0.2) is 44.6 Å². The highest BCUT2D eigenvalue weighted by atomic mass is 32.2. The first-order valence-electron chi connectivity index (χ1n) is 10.2. The van der Waals surface area contributed by atoms with Gasteiger partial charge in [-0.25, -0.2) is 18.5 Å². The third-order valence-corrected chi connectivity index (χ3v) is 7.20. The van der Waals surface area contributed by atoms with Crippen molar-refractivity contribution in [1.82, 2.24) is 10.3 Å². The van der Waals surface area contributed by atoms with Crippen LogP contribution >= 0.6 is 11.3 Å². The van der Waals surface area contributed by atoms with Crippen molar-refractivity contribution < 1.29 is 22.8 Å². The maximum absolute atomic E-state index is 12.9. The minimum absolute atomic E-state index is 0.0181. The fourth-order valence-electron chi connectivity index (χ4n) is 3.09. The lowest BCUT2D eigenvalue weighted by Gasteiger charge is -2.18. The molecule has 0 saturated carbocycles. The van der Waals surface area contributed by atoms with Gasteiger partial charge in [-0.1, -0.05) is 12.1 Å². The zero-order valence-corrected chi connectivity index (χ0v) is 20.5. The highest BCUT2D eigenvalue weighted by molar-refractivity contribution is 7.89. The highest BCUT2D eigenvalue weighted by Crippen LogP contribution is 2.30. The summed E-state index contributed by atoms with van der Waals surface area (Å²) < 4.78 is 22.7. The topological polar surface area (TPSA) is 140 Å². The number of carbonyl (C=O) groups is 3. The zero-order chi connectivity index (χ0) is 25.0. The largest absolute Gasteiger partial charge is 0.352 e. The summed E-state index contributed by atoms with van der Waals surface area (Å²) in [5, 5.41) is 7.90. The number of rotatable bonds is 8. The van der Waals surface area contributed by atoms with Gasteiger partial charge in [0.1, 0.15) is 5.82 Å². The summed E-state index contributed by atoms with van der Waals surface area (Å²) >= 11 is 1.29. The molecule has 34 heavy (non-hydrogen) atoms. The first kappa shape index (κ1) is 25.2. The Labute approximate surface area is 201 Å². The van der Waals surface area contributed by atoms with Gasteiger partial charge in [0, 0.05) is 20.5 Å². The van der Waals surface area contributed by atoms with Gasteiger partial charge < -0.3 is 5.32 Å². The van der Waals surface area contributed by atoms with Crippen LogP contribution in [-0.2, 0) is 21.2 Å². The number of benzene rings is 1. The summed E-state index contributed by atoms with van der Waals surface area (Å²) in [6, 6.07) is 12.9. The molecule has 3 aromatic rings. The lowest BCUT2D eigenvalue weighted by molar-refractivity contribution is -0.116. The van der Waals surface area contributed by atoms with Gasteiger partial charge in [0.25, 0.3) is 5.91 Å². The lowest BCUT2D eigenvalue weighted by atomic mass is 10.1. The molecule has 0 atom stereocenters. The Hall–Kier alpha value is -3.41. The van der Waals surface area contributed by atoms with Gasteiger partial charge >= 0.3 is 0 Å². The number of nitrogens with zero attached hydrogens (tertiary/aromatic N) is 2. The third-order valence-electron chi connectivity index (χ3n) is 5.07. The van der Waals surface area contributed by atoms with E-state index in [0.717, 1.165) is 10.4 Å². The first-order valence-corrected chi connectivity index (χ1v) is 12.6. The molecule has 3 N–H and O–H groups in total. The molecule has 3 rings (SSSR count). The van der Waals surface area contributed by atoms with Crippen LogP contribution in [0, 0.1) is 0 Å². The Morgan fingerprint density at radius 1 is 1.03 bits per heavy atom. The number of sulfonamides is 1. The molecule has 2 aromatic heterocycles. The van der Waals surface area contributed by atoms with Gasteiger partial charge in [0.2, 0.25) is 15.9 Å². The summed E-state index contributed by atoms with van der Waals surface area (Å²) in [5.41, 5.74) is 1.60. The molecule has 0 bridgehead atoms. The van der Waals surface area contributed by atoms with Crippen LogP contribution in [0.4, 0.5) is 5.82 Å². The molecule has 0 fully saturated rings. The quantitative estimate of drug-likeness (QED) is 0.456. The molecule has 0 aliphatic heterocycles. The standard InChI is InChI=1S/C23H24N4O5S2/c1-14(28)20-10-11-21(33-20)19-9-8-18(22(26-19)27(3)15(2)29)23(30)25-13-12-16-4-6-17(7-5-16)34(24,31)32/h4-11H,12-13H2,1-3H3,(H,25,30)(H2,24,31,32). The molecule has 11 heteroatoms. The van der Waals surface area contributed by atoms with Crippen LogP contribution in [0.3, 0.4) is 0 Å². The third kappa shape index (κ3) is 5.93. The second kappa shape index (κ2) is 10.2. The molecule has 0 aliphatic carbocycles. The molecule has 0 unspecified atom stereocenters. The Bertz CT molecular complexity index is 1350. The van der Waals surface area contributed by atoms with Crippen LogP contribution < -0.4 is 15.4 Å².